The van der Waals surface area contributed by atoms with Crippen LogP contribution in [-0.4, -0.2) is 15.7 Å². The Morgan fingerprint density at radius 2 is 1.94 bits per heavy atom. The molecule has 0 bridgehead atoms. The molecule has 0 aliphatic rings. The van der Waals surface area contributed by atoms with Gasteiger partial charge in [0.1, 0.15) is 0 Å². The largest absolute Gasteiger partial charge is 0.399 e. The van der Waals surface area contributed by atoms with E-state index in [1.54, 1.807) is 22.9 Å². The van der Waals surface area contributed by atoms with Crippen molar-refractivity contribution in [2.24, 2.45) is 5.73 Å². The van der Waals surface area contributed by atoms with Crippen LogP contribution in [0.3, 0.4) is 0 Å². The van der Waals surface area contributed by atoms with Crippen LogP contribution in [0.1, 0.15) is 27.3 Å². The third kappa shape index (κ3) is 1.84. The maximum absolute atomic E-state index is 11.4. The predicted molar refractivity (Wildman–Crippen MR) is 70.7 cm³/mol. The van der Waals surface area contributed by atoms with E-state index in [1.807, 2.05) is 20.8 Å². The molecule has 5 heteroatoms. The number of carbonyl (C=O) groups excluding carboxylic acids is 1. The molecule has 1 heterocycles. The first kappa shape index (κ1) is 12.2. The average Bonchev–Trinajstić information content (AvgIpc) is 2.56. The van der Waals surface area contributed by atoms with Crippen molar-refractivity contribution >= 4 is 11.6 Å². The molecule has 0 saturated heterocycles. The van der Waals surface area contributed by atoms with Crippen molar-refractivity contribution in [2.45, 2.75) is 20.8 Å². The molecule has 0 spiro atoms. The molecule has 2 aromatic rings. The molecule has 4 N–H and O–H groups in total. The number of rotatable bonds is 2. The highest BCUT2D eigenvalue weighted by Gasteiger charge is 2.15. The van der Waals surface area contributed by atoms with E-state index in [0.29, 0.717) is 16.9 Å². The molecule has 1 aromatic carbocycles. The lowest BCUT2D eigenvalue weighted by Crippen LogP contribution is -2.16. The summed E-state index contributed by atoms with van der Waals surface area (Å²) in [4.78, 5) is 11.4. The Kier molecular flexibility index (Phi) is 2.82. The van der Waals surface area contributed by atoms with Crippen LogP contribution in [0, 0.1) is 20.8 Å². The Hall–Kier alpha value is -2.30. The van der Waals surface area contributed by atoms with Gasteiger partial charge in [0, 0.05) is 11.4 Å². The van der Waals surface area contributed by atoms with Gasteiger partial charge in [-0.25, -0.2) is 4.68 Å². The van der Waals surface area contributed by atoms with Gasteiger partial charge in [-0.3, -0.25) is 4.79 Å². The SMILES string of the molecule is Cc1nn(-c2cc(N)ccc2C(N)=O)c(C)c1C. The molecule has 0 fully saturated rings. The first-order valence-electron chi connectivity index (χ1n) is 5.64. The summed E-state index contributed by atoms with van der Waals surface area (Å²) in [5.74, 6) is -0.491. The van der Waals surface area contributed by atoms with E-state index in [9.17, 15) is 4.79 Å². The number of aryl methyl sites for hydroxylation is 1. The van der Waals surface area contributed by atoms with Crippen molar-refractivity contribution in [2.75, 3.05) is 5.73 Å². The second-order valence-electron chi connectivity index (χ2n) is 4.35. The summed E-state index contributed by atoms with van der Waals surface area (Å²) in [5, 5.41) is 4.42. The summed E-state index contributed by atoms with van der Waals surface area (Å²) >= 11 is 0. The number of amides is 1. The zero-order valence-corrected chi connectivity index (χ0v) is 10.7. The highest BCUT2D eigenvalue weighted by Crippen LogP contribution is 2.22. The molecule has 1 aromatic heterocycles. The number of nitrogen functional groups attached to an aromatic ring is 1. The van der Waals surface area contributed by atoms with Gasteiger partial charge in [0.25, 0.3) is 5.91 Å². The number of hydrogen-bond donors (Lipinski definition) is 2. The molecule has 2 rings (SSSR count). The molecule has 0 aliphatic heterocycles. The number of nitrogens with two attached hydrogens (primary N) is 2. The van der Waals surface area contributed by atoms with Gasteiger partial charge >= 0.3 is 0 Å². The summed E-state index contributed by atoms with van der Waals surface area (Å²) in [6.45, 7) is 5.86. The van der Waals surface area contributed by atoms with E-state index >= 15 is 0 Å². The van der Waals surface area contributed by atoms with E-state index < -0.39 is 5.91 Å². The van der Waals surface area contributed by atoms with Gasteiger partial charge in [0.2, 0.25) is 0 Å². The average molecular weight is 244 g/mol. The van der Waals surface area contributed by atoms with Crippen LogP contribution in [0.5, 0.6) is 0 Å². The van der Waals surface area contributed by atoms with Crippen LogP contribution in [0.25, 0.3) is 5.69 Å². The van der Waals surface area contributed by atoms with Gasteiger partial charge in [-0.05, 0) is 44.5 Å². The van der Waals surface area contributed by atoms with Crippen LogP contribution in [-0.2, 0) is 0 Å². The number of primary amides is 1. The number of hydrogen-bond acceptors (Lipinski definition) is 3. The van der Waals surface area contributed by atoms with Crippen molar-refractivity contribution in [3.8, 4) is 5.69 Å². The molecule has 5 nitrogen and oxygen atoms in total. The zero-order chi connectivity index (χ0) is 13.4. The number of carbonyl (C=O) groups is 1. The van der Waals surface area contributed by atoms with Gasteiger partial charge in [-0.1, -0.05) is 0 Å². The van der Waals surface area contributed by atoms with Crippen molar-refractivity contribution < 1.29 is 4.79 Å². The Morgan fingerprint density at radius 1 is 1.28 bits per heavy atom. The van der Waals surface area contributed by atoms with Crippen molar-refractivity contribution in [1.29, 1.82) is 0 Å². The van der Waals surface area contributed by atoms with Crippen LogP contribution in [0.15, 0.2) is 18.2 Å². The van der Waals surface area contributed by atoms with Crippen LogP contribution in [0.4, 0.5) is 5.69 Å². The fourth-order valence-electron chi connectivity index (χ4n) is 1.89. The quantitative estimate of drug-likeness (QED) is 0.784. The molecule has 0 radical (unpaired) electrons. The van der Waals surface area contributed by atoms with Gasteiger partial charge in [-0.2, -0.15) is 5.10 Å². The Balaban J connectivity index is 2.73. The summed E-state index contributed by atoms with van der Waals surface area (Å²) < 4.78 is 1.71. The monoisotopic (exact) mass is 244 g/mol. The smallest absolute Gasteiger partial charge is 0.250 e. The Morgan fingerprint density at radius 3 is 2.44 bits per heavy atom. The fourth-order valence-corrected chi connectivity index (χ4v) is 1.89. The number of nitrogens with zero attached hydrogens (tertiary/aromatic N) is 2. The van der Waals surface area contributed by atoms with Crippen LogP contribution >= 0.6 is 0 Å². The van der Waals surface area contributed by atoms with E-state index in [-0.39, 0.29) is 0 Å². The Bertz CT molecular complexity index is 628. The minimum Gasteiger partial charge on any atom is -0.399 e. The fraction of sp³-hybridized carbons (Fsp3) is 0.231. The zero-order valence-electron chi connectivity index (χ0n) is 10.7. The minimum absolute atomic E-state index is 0.412. The van der Waals surface area contributed by atoms with E-state index in [4.69, 9.17) is 11.5 Å². The first-order chi connectivity index (χ1) is 8.41. The highest BCUT2D eigenvalue weighted by molar-refractivity contribution is 5.97. The van der Waals surface area contributed by atoms with Gasteiger partial charge in [0.15, 0.2) is 0 Å². The number of benzene rings is 1. The maximum atomic E-state index is 11.4. The van der Waals surface area contributed by atoms with Gasteiger partial charge < -0.3 is 11.5 Å². The lowest BCUT2D eigenvalue weighted by Gasteiger charge is -2.10. The number of aromatic nitrogens is 2. The maximum Gasteiger partial charge on any atom is 0.250 e. The normalized spacial score (nSPS) is 10.6. The van der Waals surface area contributed by atoms with Gasteiger partial charge in [0.05, 0.1) is 16.9 Å². The highest BCUT2D eigenvalue weighted by atomic mass is 16.1. The van der Waals surface area contributed by atoms with Crippen LogP contribution in [0.2, 0.25) is 0 Å². The lowest BCUT2D eigenvalue weighted by atomic mass is 10.1. The molecule has 0 saturated carbocycles. The second kappa shape index (κ2) is 4.18. The Labute approximate surface area is 105 Å². The minimum atomic E-state index is -0.491. The van der Waals surface area contributed by atoms with E-state index in [2.05, 4.69) is 5.10 Å². The van der Waals surface area contributed by atoms with E-state index in [0.717, 1.165) is 17.0 Å². The summed E-state index contributed by atoms with van der Waals surface area (Å²) in [6, 6.07) is 4.99. The third-order valence-corrected chi connectivity index (χ3v) is 3.17. The summed E-state index contributed by atoms with van der Waals surface area (Å²) in [7, 11) is 0. The molecule has 0 unspecified atom stereocenters. The molecule has 0 aliphatic carbocycles. The summed E-state index contributed by atoms with van der Waals surface area (Å²) in [5.41, 5.74) is 15.7. The predicted octanol–water partition coefficient (Wildman–Crippen LogP) is 1.48. The number of anilines is 1. The second-order valence-corrected chi connectivity index (χ2v) is 4.35. The lowest BCUT2D eigenvalue weighted by molar-refractivity contribution is 0.1000. The van der Waals surface area contributed by atoms with Crippen molar-refractivity contribution in [1.82, 2.24) is 9.78 Å². The third-order valence-electron chi connectivity index (χ3n) is 3.17. The molecular weight excluding hydrogens is 228 g/mol. The summed E-state index contributed by atoms with van der Waals surface area (Å²) in [6.07, 6.45) is 0. The molecule has 94 valence electrons. The van der Waals surface area contributed by atoms with Crippen molar-refractivity contribution in [3.05, 3.63) is 40.7 Å². The van der Waals surface area contributed by atoms with E-state index in [1.165, 1.54) is 0 Å². The van der Waals surface area contributed by atoms with Crippen molar-refractivity contribution in [3.63, 3.8) is 0 Å². The molecule has 18 heavy (non-hydrogen) atoms. The molecular formula is C13H16N4O. The van der Waals surface area contributed by atoms with Gasteiger partial charge in [-0.15, -0.1) is 0 Å². The topological polar surface area (TPSA) is 86.9 Å². The molecule has 1 amide bonds. The van der Waals surface area contributed by atoms with Crippen LogP contribution < -0.4 is 11.5 Å². The molecule has 0 atom stereocenters. The standard InChI is InChI=1S/C13H16N4O/c1-7-8(2)16-17(9(7)3)12-6-10(14)4-5-11(12)13(15)18/h4-6H,14H2,1-3H3,(H2,15,18). The first-order valence-corrected chi connectivity index (χ1v) is 5.64.